The van der Waals surface area contributed by atoms with E-state index in [9.17, 15) is 4.79 Å². The summed E-state index contributed by atoms with van der Waals surface area (Å²) in [5.74, 6) is 0.485. The van der Waals surface area contributed by atoms with Crippen LogP contribution in [0.2, 0.25) is 0 Å². The van der Waals surface area contributed by atoms with Crippen molar-refractivity contribution in [2.75, 3.05) is 25.1 Å². The van der Waals surface area contributed by atoms with E-state index in [4.69, 9.17) is 5.73 Å². The van der Waals surface area contributed by atoms with Crippen molar-refractivity contribution in [2.24, 2.45) is 0 Å². The van der Waals surface area contributed by atoms with E-state index < -0.39 is 0 Å². The normalized spacial score (nSPS) is 11.9. The van der Waals surface area contributed by atoms with Crippen LogP contribution in [0.15, 0.2) is 18.3 Å². The zero-order valence-electron chi connectivity index (χ0n) is 9.19. The number of carbonyl (C=O) groups is 1. The molecule has 5 heteroatoms. The van der Waals surface area contributed by atoms with Gasteiger partial charge in [-0.2, -0.15) is 0 Å². The second-order valence-electron chi connectivity index (χ2n) is 3.57. The number of amides is 1. The van der Waals surface area contributed by atoms with Crippen molar-refractivity contribution in [1.82, 2.24) is 9.88 Å². The fraction of sp³-hybridized carbons (Fsp3) is 0.400. The minimum Gasteiger partial charge on any atom is -0.384 e. The maximum atomic E-state index is 11.5. The van der Waals surface area contributed by atoms with Crippen molar-refractivity contribution in [3.05, 3.63) is 18.3 Å². The topological polar surface area (TPSA) is 71.2 Å². The lowest BCUT2D eigenvalue weighted by atomic mass is 10.3. The molecule has 1 atom stereocenters. The molecule has 0 radical (unpaired) electrons. The number of rotatable bonds is 3. The molecule has 0 saturated carbocycles. The number of aromatic nitrogens is 1. The predicted molar refractivity (Wildman–Crippen MR) is 60.4 cm³/mol. The highest BCUT2D eigenvalue weighted by Gasteiger charge is 2.13. The predicted octanol–water partition coefficient (Wildman–Crippen LogP) is 0.552. The Labute approximate surface area is 89.3 Å². The van der Waals surface area contributed by atoms with Crippen LogP contribution in [0, 0.1) is 0 Å². The lowest BCUT2D eigenvalue weighted by Crippen LogP contribution is -2.36. The van der Waals surface area contributed by atoms with Crippen molar-refractivity contribution in [1.29, 1.82) is 0 Å². The summed E-state index contributed by atoms with van der Waals surface area (Å²) >= 11 is 0. The van der Waals surface area contributed by atoms with E-state index in [1.807, 2.05) is 0 Å². The molecule has 1 rings (SSSR count). The van der Waals surface area contributed by atoms with Crippen LogP contribution in [0.4, 0.5) is 11.5 Å². The number of nitrogen functional groups attached to an aromatic ring is 1. The molecule has 82 valence electrons. The average Bonchev–Trinajstić information content (AvgIpc) is 2.20. The third-order valence-electron chi connectivity index (χ3n) is 1.98. The second-order valence-corrected chi connectivity index (χ2v) is 3.57. The Bertz CT molecular complexity index is 334. The molecule has 0 saturated heterocycles. The van der Waals surface area contributed by atoms with Gasteiger partial charge in [0.15, 0.2) is 0 Å². The third kappa shape index (κ3) is 3.12. The quantitative estimate of drug-likeness (QED) is 0.761. The van der Waals surface area contributed by atoms with Gasteiger partial charge in [-0.1, -0.05) is 0 Å². The van der Waals surface area contributed by atoms with E-state index in [-0.39, 0.29) is 11.9 Å². The van der Waals surface area contributed by atoms with Crippen molar-refractivity contribution in [3.8, 4) is 0 Å². The highest BCUT2D eigenvalue weighted by atomic mass is 16.2. The van der Waals surface area contributed by atoms with Gasteiger partial charge in [-0.3, -0.25) is 4.79 Å². The van der Waals surface area contributed by atoms with Gasteiger partial charge in [-0.25, -0.2) is 4.98 Å². The van der Waals surface area contributed by atoms with Crippen LogP contribution in [0.25, 0.3) is 0 Å². The second kappa shape index (κ2) is 4.63. The number of pyridine rings is 1. The summed E-state index contributed by atoms with van der Waals surface area (Å²) in [5, 5.41) is 3.04. The third-order valence-corrected chi connectivity index (χ3v) is 1.98. The zero-order valence-corrected chi connectivity index (χ0v) is 9.19. The van der Waals surface area contributed by atoms with E-state index in [0.717, 1.165) is 5.69 Å². The van der Waals surface area contributed by atoms with E-state index in [2.05, 4.69) is 10.3 Å². The van der Waals surface area contributed by atoms with E-state index >= 15 is 0 Å². The van der Waals surface area contributed by atoms with Crippen LogP contribution < -0.4 is 11.1 Å². The molecular weight excluding hydrogens is 192 g/mol. The van der Waals surface area contributed by atoms with E-state index in [0.29, 0.717) is 5.82 Å². The molecule has 1 unspecified atom stereocenters. The van der Waals surface area contributed by atoms with Crippen molar-refractivity contribution in [3.63, 3.8) is 0 Å². The summed E-state index contributed by atoms with van der Waals surface area (Å²) < 4.78 is 0. The number of nitrogens with zero attached hydrogens (tertiary/aromatic N) is 2. The highest BCUT2D eigenvalue weighted by molar-refractivity contribution is 5.83. The zero-order chi connectivity index (χ0) is 11.4. The van der Waals surface area contributed by atoms with E-state index in [1.165, 1.54) is 0 Å². The van der Waals surface area contributed by atoms with Crippen LogP contribution in [0.1, 0.15) is 6.92 Å². The molecule has 0 spiro atoms. The SMILES string of the molecule is CC(Nc1ccc(N)nc1)C(=O)N(C)C. The van der Waals surface area contributed by atoms with Crippen molar-refractivity contribution < 1.29 is 4.79 Å². The summed E-state index contributed by atoms with van der Waals surface area (Å²) in [4.78, 5) is 17.0. The maximum Gasteiger partial charge on any atom is 0.244 e. The number of carbonyl (C=O) groups excluding carboxylic acids is 1. The molecule has 0 bridgehead atoms. The highest BCUT2D eigenvalue weighted by Crippen LogP contribution is 2.08. The lowest BCUT2D eigenvalue weighted by Gasteiger charge is -2.18. The van der Waals surface area contributed by atoms with Crippen LogP contribution in [0.3, 0.4) is 0 Å². The molecule has 0 aliphatic heterocycles. The Kier molecular flexibility index (Phi) is 3.49. The standard InChI is InChI=1S/C10H16N4O/c1-7(10(15)14(2)3)13-8-4-5-9(11)12-6-8/h4-7,13H,1-3H3,(H2,11,12). The van der Waals surface area contributed by atoms with Gasteiger partial charge in [0.2, 0.25) is 5.91 Å². The molecule has 15 heavy (non-hydrogen) atoms. The summed E-state index contributed by atoms with van der Waals surface area (Å²) in [7, 11) is 3.45. The van der Waals surface area contributed by atoms with Gasteiger partial charge in [-0.05, 0) is 19.1 Å². The van der Waals surface area contributed by atoms with Crippen molar-refractivity contribution in [2.45, 2.75) is 13.0 Å². The van der Waals surface area contributed by atoms with Gasteiger partial charge in [0.05, 0.1) is 11.9 Å². The summed E-state index contributed by atoms with van der Waals surface area (Å²) in [6.45, 7) is 1.80. The van der Waals surface area contributed by atoms with Crippen LogP contribution in [-0.2, 0) is 4.79 Å². The minimum absolute atomic E-state index is 0.0202. The maximum absolute atomic E-state index is 11.5. The van der Waals surface area contributed by atoms with Gasteiger partial charge >= 0.3 is 0 Å². The van der Waals surface area contributed by atoms with Crippen LogP contribution in [0.5, 0.6) is 0 Å². The summed E-state index contributed by atoms with van der Waals surface area (Å²) in [6.07, 6.45) is 1.61. The Morgan fingerprint density at radius 1 is 1.53 bits per heavy atom. The molecule has 0 aromatic carbocycles. The number of likely N-dealkylation sites (N-methyl/N-ethyl adjacent to an activating group) is 1. The Balaban J connectivity index is 2.62. The summed E-state index contributed by atoms with van der Waals surface area (Å²) in [5.41, 5.74) is 6.24. The summed E-state index contributed by atoms with van der Waals surface area (Å²) in [6, 6.07) is 3.21. The molecule has 5 nitrogen and oxygen atoms in total. The molecule has 3 N–H and O–H groups in total. The van der Waals surface area contributed by atoms with Crippen molar-refractivity contribution >= 4 is 17.4 Å². The molecule has 0 aliphatic rings. The number of nitrogens with two attached hydrogens (primary N) is 1. The van der Waals surface area contributed by atoms with Gasteiger partial charge in [0, 0.05) is 14.1 Å². The number of anilines is 2. The first-order chi connectivity index (χ1) is 7.00. The largest absolute Gasteiger partial charge is 0.384 e. The van der Waals surface area contributed by atoms with Crippen LogP contribution in [-0.4, -0.2) is 35.9 Å². The van der Waals surface area contributed by atoms with Gasteiger partial charge in [0.1, 0.15) is 11.9 Å². The first-order valence-electron chi connectivity index (χ1n) is 4.70. The van der Waals surface area contributed by atoms with Crippen LogP contribution >= 0.6 is 0 Å². The fourth-order valence-electron chi connectivity index (χ4n) is 1.19. The Hall–Kier alpha value is -1.78. The number of nitrogens with one attached hydrogen (secondary N) is 1. The smallest absolute Gasteiger partial charge is 0.244 e. The van der Waals surface area contributed by atoms with E-state index in [1.54, 1.807) is 44.2 Å². The molecule has 1 heterocycles. The lowest BCUT2D eigenvalue weighted by molar-refractivity contribution is -0.129. The van der Waals surface area contributed by atoms with Gasteiger partial charge in [-0.15, -0.1) is 0 Å². The Morgan fingerprint density at radius 2 is 2.20 bits per heavy atom. The first-order valence-corrected chi connectivity index (χ1v) is 4.70. The molecule has 1 amide bonds. The molecular formula is C10H16N4O. The Morgan fingerprint density at radius 3 is 2.67 bits per heavy atom. The molecule has 1 aromatic rings. The monoisotopic (exact) mass is 208 g/mol. The number of hydrogen-bond donors (Lipinski definition) is 2. The van der Waals surface area contributed by atoms with Gasteiger partial charge in [0.25, 0.3) is 0 Å². The number of hydrogen-bond acceptors (Lipinski definition) is 4. The fourth-order valence-corrected chi connectivity index (χ4v) is 1.19. The molecule has 0 aliphatic carbocycles. The first kappa shape index (κ1) is 11.3. The van der Waals surface area contributed by atoms with Gasteiger partial charge < -0.3 is 16.0 Å². The average molecular weight is 208 g/mol. The molecule has 0 fully saturated rings. The molecule has 1 aromatic heterocycles. The minimum atomic E-state index is -0.273.